The van der Waals surface area contributed by atoms with Gasteiger partial charge in [0.1, 0.15) is 5.82 Å². The molecule has 0 aliphatic heterocycles. The van der Waals surface area contributed by atoms with Crippen LogP contribution in [-0.2, 0) is 6.42 Å². The minimum absolute atomic E-state index is 0.345. The maximum atomic E-state index is 13.2. The lowest BCUT2D eigenvalue weighted by atomic mass is 10.0. The molecule has 0 amide bonds. The van der Waals surface area contributed by atoms with Crippen molar-refractivity contribution in [3.05, 3.63) is 41.6 Å². The lowest BCUT2D eigenvalue weighted by Gasteiger charge is -2.03. The van der Waals surface area contributed by atoms with E-state index in [-0.39, 0.29) is 5.82 Å². The molecule has 0 atom stereocenters. The van der Waals surface area contributed by atoms with Crippen LogP contribution in [0.3, 0.4) is 0 Å². The van der Waals surface area contributed by atoms with Crippen LogP contribution in [0.5, 0.6) is 0 Å². The molecule has 2 heteroatoms. The minimum atomic E-state index is -0.373. The van der Waals surface area contributed by atoms with E-state index in [1.54, 1.807) is 19.1 Å². The topological polar surface area (TPSA) is 23.8 Å². The van der Waals surface area contributed by atoms with Gasteiger partial charge in [0.05, 0.1) is 12.5 Å². The summed E-state index contributed by atoms with van der Waals surface area (Å²) in [5.41, 5.74) is 1.10. The molecule has 0 aromatic heterocycles. The van der Waals surface area contributed by atoms with Gasteiger partial charge in [0, 0.05) is 12.0 Å². The molecule has 69 valence electrons. The van der Waals surface area contributed by atoms with Crippen LogP contribution in [0, 0.1) is 35.4 Å². The van der Waals surface area contributed by atoms with Gasteiger partial charge in [0.2, 0.25) is 0 Å². The maximum absolute atomic E-state index is 13.2. The van der Waals surface area contributed by atoms with Crippen LogP contribution in [0.4, 0.5) is 4.39 Å². The summed E-state index contributed by atoms with van der Waals surface area (Å²) in [6, 6.07) is 6.56. The van der Waals surface area contributed by atoms with Crippen molar-refractivity contribution < 1.29 is 4.39 Å². The Morgan fingerprint density at radius 1 is 1.50 bits per heavy atom. The van der Waals surface area contributed by atoms with E-state index in [4.69, 9.17) is 5.26 Å². The van der Waals surface area contributed by atoms with Crippen molar-refractivity contribution in [1.29, 1.82) is 5.26 Å². The van der Waals surface area contributed by atoms with E-state index in [0.717, 1.165) is 5.56 Å². The fourth-order valence-corrected chi connectivity index (χ4v) is 1.15. The monoisotopic (exact) mass is 186 g/mol. The van der Waals surface area contributed by atoms with Gasteiger partial charge in [-0.05, 0) is 18.6 Å². The number of nitrogens with zero attached hydrogens (tertiary/aromatic N) is 1. The molecule has 0 fully saturated rings. The number of nitriles is 1. The molecule has 1 aromatic rings. The lowest BCUT2D eigenvalue weighted by Crippen LogP contribution is -1.94. The van der Waals surface area contributed by atoms with Crippen LogP contribution in [0.1, 0.15) is 18.1 Å². The van der Waals surface area contributed by atoms with Gasteiger partial charge in [-0.25, -0.2) is 4.39 Å². The van der Waals surface area contributed by atoms with E-state index >= 15 is 0 Å². The second kappa shape index (κ2) is 5.04. The van der Waals surface area contributed by atoms with E-state index in [9.17, 15) is 4.39 Å². The Labute approximate surface area is 83.2 Å². The van der Waals surface area contributed by atoms with Gasteiger partial charge in [-0.2, -0.15) is 5.26 Å². The standard InChI is InChI=1S/C12H9FN/c1-2-3-5-10-6-4-7-12(13)11(10)8-9-14/h4,6-8H,5H2,1H3. The second-order valence-electron chi connectivity index (χ2n) is 2.69. The highest BCUT2D eigenvalue weighted by Gasteiger charge is 2.06. The molecule has 0 bridgehead atoms. The largest absolute Gasteiger partial charge is 0.207 e. The first kappa shape index (κ1) is 10.3. The molecule has 1 nitrogen and oxygen atoms in total. The Balaban J connectivity index is 3.06. The van der Waals surface area contributed by atoms with Gasteiger partial charge in [-0.3, -0.25) is 0 Å². The molecule has 0 saturated heterocycles. The lowest BCUT2D eigenvalue weighted by molar-refractivity contribution is 0.619. The van der Waals surface area contributed by atoms with Gasteiger partial charge in [-0.15, -0.1) is 5.92 Å². The molecule has 0 aliphatic carbocycles. The van der Waals surface area contributed by atoms with Crippen molar-refractivity contribution in [2.45, 2.75) is 13.3 Å². The third-order valence-electron chi connectivity index (χ3n) is 1.81. The zero-order valence-corrected chi connectivity index (χ0v) is 7.84. The number of hydrogen-bond acceptors (Lipinski definition) is 1. The van der Waals surface area contributed by atoms with Crippen molar-refractivity contribution in [3.63, 3.8) is 0 Å². The smallest absolute Gasteiger partial charge is 0.128 e. The quantitative estimate of drug-likeness (QED) is 0.651. The van der Waals surface area contributed by atoms with E-state index in [1.165, 1.54) is 12.5 Å². The van der Waals surface area contributed by atoms with Gasteiger partial charge in [0.25, 0.3) is 0 Å². The second-order valence-corrected chi connectivity index (χ2v) is 2.69. The van der Waals surface area contributed by atoms with Crippen molar-refractivity contribution in [2.24, 2.45) is 0 Å². The summed E-state index contributed by atoms with van der Waals surface area (Å²) in [6.07, 6.45) is 1.68. The van der Waals surface area contributed by atoms with Gasteiger partial charge < -0.3 is 0 Å². The third-order valence-corrected chi connectivity index (χ3v) is 1.81. The Morgan fingerprint density at radius 3 is 2.93 bits per heavy atom. The molecular formula is C12H9FN. The van der Waals surface area contributed by atoms with Crippen molar-refractivity contribution in [3.8, 4) is 17.9 Å². The van der Waals surface area contributed by atoms with Gasteiger partial charge >= 0.3 is 0 Å². The van der Waals surface area contributed by atoms with Crippen molar-refractivity contribution in [2.75, 3.05) is 0 Å². The zero-order chi connectivity index (χ0) is 10.4. The first-order valence-corrected chi connectivity index (χ1v) is 4.19. The van der Waals surface area contributed by atoms with E-state index in [2.05, 4.69) is 11.8 Å². The normalized spacial score (nSPS) is 8.64. The SMILES string of the molecule is CC#CCc1cccc(F)c1[CH]C#N. The summed E-state index contributed by atoms with van der Waals surface area (Å²) in [7, 11) is 0. The first-order chi connectivity index (χ1) is 6.79. The summed E-state index contributed by atoms with van der Waals surface area (Å²) in [4.78, 5) is 0. The first-order valence-electron chi connectivity index (χ1n) is 4.19. The molecule has 0 spiro atoms. The fourth-order valence-electron chi connectivity index (χ4n) is 1.15. The molecule has 14 heavy (non-hydrogen) atoms. The van der Waals surface area contributed by atoms with Gasteiger partial charge in [-0.1, -0.05) is 18.1 Å². The summed E-state index contributed by atoms with van der Waals surface area (Å²) in [5, 5.41) is 8.49. The summed E-state index contributed by atoms with van der Waals surface area (Å²) >= 11 is 0. The van der Waals surface area contributed by atoms with E-state index in [0.29, 0.717) is 12.0 Å². The third kappa shape index (κ3) is 2.34. The molecular weight excluding hydrogens is 177 g/mol. The minimum Gasteiger partial charge on any atom is -0.207 e. The molecule has 0 saturated carbocycles. The molecule has 0 aliphatic rings. The van der Waals surface area contributed by atoms with Crippen molar-refractivity contribution >= 4 is 0 Å². The summed E-state index contributed by atoms with van der Waals surface area (Å²) in [5.74, 6) is 5.21. The highest BCUT2D eigenvalue weighted by atomic mass is 19.1. The van der Waals surface area contributed by atoms with Crippen LogP contribution in [0.15, 0.2) is 18.2 Å². The number of halogens is 1. The van der Waals surface area contributed by atoms with Crippen LogP contribution in [-0.4, -0.2) is 0 Å². The Hall–Kier alpha value is -1.80. The molecule has 0 N–H and O–H groups in total. The Morgan fingerprint density at radius 2 is 2.29 bits per heavy atom. The number of rotatable bonds is 2. The molecule has 0 unspecified atom stereocenters. The maximum Gasteiger partial charge on any atom is 0.128 e. The van der Waals surface area contributed by atoms with Crippen LogP contribution in [0.25, 0.3) is 0 Å². The number of hydrogen-bond donors (Lipinski definition) is 0. The summed E-state index contributed by atoms with van der Waals surface area (Å²) < 4.78 is 13.2. The van der Waals surface area contributed by atoms with Gasteiger partial charge in [0.15, 0.2) is 0 Å². The van der Waals surface area contributed by atoms with E-state index < -0.39 is 0 Å². The van der Waals surface area contributed by atoms with E-state index in [1.807, 2.05) is 6.07 Å². The average molecular weight is 186 g/mol. The molecule has 1 rings (SSSR count). The van der Waals surface area contributed by atoms with Crippen LogP contribution < -0.4 is 0 Å². The fraction of sp³-hybridized carbons (Fsp3) is 0.167. The predicted octanol–water partition coefficient (Wildman–Crippen LogP) is 2.47. The Bertz CT molecular complexity index is 418. The van der Waals surface area contributed by atoms with Crippen LogP contribution in [0.2, 0.25) is 0 Å². The summed E-state index contributed by atoms with van der Waals surface area (Å²) in [6.45, 7) is 1.73. The number of benzene rings is 1. The highest BCUT2D eigenvalue weighted by Crippen LogP contribution is 2.15. The predicted molar refractivity (Wildman–Crippen MR) is 52.6 cm³/mol. The van der Waals surface area contributed by atoms with Crippen molar-refractivity contribution in [1.82, 2.24) is 0 Å². The molecule has 1 aromatic carbocycles. The van der Waals surface area contributed by atoms with Crippen LogP contribution >= 0.6 is 0 Å². The highest BCUT2D eigenvalue weighted by molar-refractivity contribution is 5.40. The average Bonchev–Trinajstić information content (AvgIpc) is 2.19. The molecule has 1 radical (unpaired) electrons. The molecule has 0 heterocycles. The Kier molecular flexibility index (Phi) is 3.70. The zero-order valence-electron chi connectivity index (χ0n) is 7.84.